The van der Waals surface area contributed by atoms with E-state index in [1.807, 2.05) is 11.4 Å². The second-order valence-electron chi connectivity index (χ2n) is 8.01. The van der Waals surface area contributed by atoms with E-state index in [9.17, 15) is 20.0 Å². The summed E-state index contributed by atoms with van der Waals surface area (Å²) in [6, 6.07) is 15.1. The van der Waals surface area contributed by atoms with E-state index in [2.05, 4.69) is 21.4 Å². The summed E-state index contributed by atoms with van der Waals surface area (Å²) in [4.78, 5) is 8.83. The summed E-state index contributed by atoms with van der Waals surface area (Å²) in [5.74, 6) is 0.293. The van der Waals surface area contributed by atoms with Crippen LogP contribution in [0.5, 0.6) is 5.75 Å². The number of aliphatic hydroxyl groups is 2. The number of benzene rings is 2. The van der Waals surface area contributed by atoms with E-state index in [-0.39, 0.29) is 28.6 Å². The molecule has 2 heterocycles. The van der Waals surface area contributed by atoms with E-state index in [4.69, 9.17) is 27.2 Å². The maximum atomic E-state index is 13.4. The summed E-state index contributed by atoms with van der Waals surface area (Å²) in [5, 5.41) is 44.0. The molecule has 0 fully saturated rings. The Morgan fingerprint density at radius 3 is 2.56 bits per heavy atom. The lowest BCUT2D eigenvalue weighted by atomic mass is 9.97. The number of aliphatic hydroxyl groups excluding tert-OH is 2. The number of nitrogen functional groups attached to an aromatic ring is 1. The quantitative estimate of drug-likeness (QED) is 0.185. The highest BCUT2D eigenvalue weighted by atomic mass is 35.5. The fourth-order valence-electron chi connectivity index (χ4n) is 3.42. The van der Waals surface area contributed by atoms with Gasteiger partial charge in [-0.05, 0) is 35.9 Å². The van der Waals surface area contributed by atoms with Gasteiger partial charge in [-0.15, -0.1) is 11.3 Å². The zero-order chi connectivity index (χ0) is 27.9. The number of aromatic nitrogens is 2. The molecule has 1 atom stereocenters. The molecule has 39 heavy (non-hydrogen) atoms. The Morgan fingerprint density at radius 2 is 1.90 bits per heavy atom. The minimum atomic E-state index is -1.01. The molecule has 198 valence electrons. The maximum absolute atomic E-state index is 13.4. The molecule has 9 nitrogen and oxygen atoms in total. The first-order valence-electron chi connectivity index (χ1n) is 11.3. The normalized spacial score (nSPS) is 11.4. The number of hydrogen-bond acceptors (Lipinski definition) is 11. The molecular formula is C26H20ClFN6O3S2. The number of pyridine rings is 1. The number of anilines is 3. The largest absolute Gasteiger partial charge is 0.491 e. The number of thioether (sulfide) groups is 1. The fourth-order valence-corrected chi connectivity index (χ4v) is 5.33. The second kappa shape index (κ2) is 12.8. The summed E-state index contributed by atoms with van der Waals surface area (Å²) in [7, 11) is 0. The smallest absolute Gasteiger partial charge is 0.187 e. The van der Waals surface area contributed by atoms with Crippen LogP contribution in [0.4, 0.5) is 21.0 Å². The molecule has 0 aliphatic heterocycles. The van der Waals surface area contributed by atoms with Gasteiger partial charge < -0.3 is 26.0 Å². The standard InChI is InChI=1S/C26H20ClFN6O3S2/c27-21-7-15(3-6-22(21)28)32-26-33-16(13-39-26)12-38-25-20(9-30)23(19(8-29)24(31)34-25)14-1-4-18(5-2-14)37-11-17(36)10-35/h1-7,13,17,35-36H,10-12H2,(H2,31,34)(H,32,33)/t17-/m1/s1. The van der Waals surface area contributed by atoms with Crippen LogP contribution in [0.1, 0.15) is 16.8 Å². The molecule has 13 heteroatoms. The third kappa shape index (κ3) is 6.75. The number of ether oxygens (including phenoxy) is 1. The van der Waals surface area contributed by atoms with Crippen molar-refractivity contribution >= 4 is 51.3 Å². The first-order valence-corrected chi connectivity index (χ1v) is 13.5. The van der Waals surface area contributed by atoms with E-state index in [0.717, 1.165) is 0 Å². The van der Waals surface area contributed by atoms with E-state index >= 15 is 0 Å². The molecule has 2 aromatic heterocycles. The predicted molar refractivity (Wildman–Crippen MR) is 148 cm³/mol. The minimum Gasteiger partial charge on any atom is -0.491 e. The summed E-state index contributed by atoms with van der Waals surface area (Å²) < 4.78 is 18.8. The maximum Gasteiger partial charge on any atom is 0.187 e. The number of nitrogens with one attached hydrogen (secondary N) is 1. The van der Waals surface area contributed by atoms with E-state index in [1.165, 1.54) is 35.2 Å². The van der Waals surface area contributed by atoms with Crippen LogP contribution in [0.3, 0.4) is 0 Å². The Hall–Kier alpha value is -3.91. The molecule has 5 N–H and O–H groups in total. The van der Waals surface area contributed by atoms with Crippen LogP contribution < -0.4 is 15.8 Å². The van der Waals surface area contributed by atoms with Crippen LogP contribution in [0.25, 0.3) is 11.1 Å². The van der Waals surface area contributed by atoms with Gasteiger partial charge in [-0.25, -0.2) is 14.4 Å². The Labute approximate surface area is 236 Å². The lowest BCUT2D eigenvalue weighted by Gasteiger charge is -2.14. The second-order valence-corrected chi connectivity index (χ2v) is 10.2. The van der Waals surface area contributed by atoms with Crippen LogP contribution in [-0.4, -0.2) is 39.5 Å². The van der Waals surface area contributed by atoms with Crippen molar-refractivity contribution in [2.75, 3.05) is 24.3 Å². The topological polar surface area (TPSA) is 161 Å². The first-order chi connectivity index (χ1) is 18.8. The van der Waals surface area contributed by atoms with Gasteiger partial charge in [-0.1, -0.05) is 35.5 Å². The van der Waals surface area contributed by atoms with Gasteiger partial charge in [0.25, 0.3) is 0 Å². The van der Waals surface area contributed by atoms with Crippen LogP contribution >= 0.6 is 34.7 Å². The SMILES string of the molecule is N#Cc1c(N)nc(SCc2csc(Nc3ccc(F)c(Cl)c3)n2)c(C#N)c1-c1ccc(OC[C@H](O)CO)cc1. The van der Waals surface area contributed by atoms with Crippen LogP contribution in [-0.2, 0) is 5.75 Å². The number of rotatable bonds is 10. The Bertz CT molecular complexity index is 1570. The average Bonchev–Trinajstić information content (AvgIpc) is 3.39. The molecule has 0 amide bonds. The predicted octanol–water partition coefficient (Wildman–Crippen LogP) is 5.09. The molecule has 0 saturated carbocycles. The van der Waals surface area contributed by atoms with Gasteiger partial charge in [0.1, 0.15) is 52.8 Å². The number of nitrogens with zero attached hydrogens (tertiary/aromatic N) is 4. The van der Waals surface area contributed by atoms with Gasteiger partial charge in [0.05, 0.1) is 22.9 Å². The lowest BCUT2D eigenvalue weighted by Crippen LogP contribution is -2.21. The molecule has 4 aromatic rings. The Kier molecular flexibility index (Phi) is 9.19. The number of hydrogen-bond donors (Lipinski definition) is 4. The molecule has 0 bridgehead atoms. The van der Waals surface area contributed by atoms with Crippen LogP contribution in [0.2, 0.25) is 5.02 Å². The van der Waals surface area contributed by atoms with Crippen molar-refractivity contribution < 1.29 is 19.3 Å². The number of thiazole rings is 1. The van der Waals surface area contributed by atoms with Gasteiger partial charge in [0.2, 0.25) is 0 Å². The van der Waals surface area contributed by atoms with Crippen LogP contribution in [0, 0.1) is 28.5 Å². The average molecular weight is 583 g/mol. The van der Waals surface area contributed by atoms with E-state index in [0.29, 0.717) is 44.2 Å². The molecule has 2 aromatic carbocycles. The highest BCUT2D eigenvalue weighted by Crippen LogP contribution is 2.37. The molecule has 0 unspecified atom stereocenters. The molecule has 0 aliphatic rings. The molecule has 0 aliphatic carbocycles. The zero-order valence-corrected chi connectivity index (χ0v) is 22.4. The molecule has 0 saturated heterocycles. The summed E-state index contributed by atoms with van der Waals surface area (Å²) in [6.45, 7) is -0.509. The molecule has 0 radical (unpaired) electrons. The van der Waals surface area contributed by atoms with Gasteiger partial charge in [0, 0.05) is 22.4 Å². The highest BCUT2D eigenvalue weighted by Gasteiger charge is 2.21. The highest BCUT2D eigenvalue weighted by molar-refractivity contribution is 7.98. The van der Waals surface area contributed by atoms with Crippen molar-refractivity contribution in [3.8, 4) is 29.0 Å². The molecule has 0 spiro atoms. The molecule has 4 rings (SSSR count). The number of nitriles is 2. The van der Waals surface area contributed by atoms with Crippen LogP contribution in [0.15, 0.2) is 52.9 Å². The summed E-state index contributed by atoms with van der Waals surface area (Å²) >= 11 is 8.44. The van der Waals surface area contributed by atoms with E-state index < -0.39 is 18.5 Å². The van der Waals surface area contributed by atoms with Crippen molar-refractivity contribution in [3.05, 3.63) is 75.5 Å². The van der Waals surface area contributed by atoms with Gasteiger partial charge in [-0.3, -0.25) is 0 Å². The van der Waals surface area contributed by atoms with E-state index in [1.54, 1.807) is 30.3 Å². The molecular weight excluding hydrogens is 563 g/mol. The van der Waals surface area contributed by atoms with Crippen molar-refractivity contribution in [2.45, 2.75) is 16.9 Å². The van der Waals surface area contributed by atoms with Gasteiger partial charge >= 0.3 is 0 Å². The minimum absolute atomic E-state index is 0.000636. The zero-order valence-electron chi connectivity index (χ0n) is 20.1. The third-order valence-corrected chi connectivity index (χ3v) is 7.40. The van der Waals surface area contributed by atoms with Crippen molar-refractivity contribution in [1.82, 2.24) is 9.97 Å². The third-order valence-electron chi connectivity index (χ3n) is 5.29. The van der Waals surface area contributed by atoms with Crippen molar-refractivity contribution in [3.63, 3.8) is 0 Å². The summed E-state index contributed by atoms with van der Waals surface area (Å²) in [6.07, 6.45) is -1.01. The first kappa shape index (κ1) is 28.1. The van der Waals surface area contributed by atoms with Crippen molar-refractivity contribution in [2.24, 2.45) is 0 Å². The number of nitrogens with two attached hydrogens (primary N) is 1. The fraction of sp³-hybridized carbons (Fsp3) is 0.154. The number of halogens is 2. The summed E-state index contributed by atoms with van der Waals surface area (Å²) in [5.41, 5.74) is 8.61. The lowest BCUT2D eigenvalue weighted by molar-refractivity contribution is 0.0536. The Morgan fingerprint density at radius 1 is 1.15 bits per heavy atom. The monoisotopic (exact) mass is 582 g/mol. The van der Waals surface area contributed by atoms with Gasteiger partial charge in [-0.2, -0.15) is 10.5 Å². The van der Waals surface area contributed by atoms with Gasteiger partial charge in [0.15, 0.2) is 5.13 Å². The Balaban J connectivity index is 1.55. The van der Waals surface area contributed by atoms with Crippen molar-refractivity contribution in [1.29, 1.82) is 10.5 Å².